The highest BCUT2D eigenvalue weighted by atomic mass is 127. The SMILES string of the molecule is O=S1(=O)CCCC(Nc2ncc(I)cn2)C1. The molecule has 1 aromatic rings. The topological polar surface area (TPSA) is 72.0 Å². The van der Waals surface area contributed by atoms with E-state index < -0.39 is 9.84 Å². The molecule has 2 heterocycles. The van der Waals surface area contributed by atoms with Crippen LogP contribution >= 0.6 is 22.6 Å². The molecule has 1 aromatic heterocycles. The predicted octanol–water partition coefficient (Wildman–Crippen LogP) is 1.07. The number of sulfone groups is 1. The second kappa shape index (κ2) is 4.82. The first kappa shape index (κ1) is 12.0. The minimum Gasteiger partial charge on any atom is -0.350 e. The third-order valence-corrected chi connectivity index (χ3v) is 4.79. The molecule has 1 aliphatic rings. The van der Waals surface area contributed by atoms with E-state index in [0.29, 0.717) is 18.1 Å². The molecule has 0 aliphatic carbocycles. The summed E-state index contributed by atoms with van der Waals surface area (Å²) in [6.45, 7) is 0. The second-order valence-corrected chi connectivity index (χ2v) is 7.30. The zero-order valence-electron chi connectivity index (χ0n) is 8.56. The summed E-state index contributed by atoms with van der Waals surface area (Å²) >= 11 is 2.12. The van der Waals surface area contributed by atoms with Gasteiger partial charge in [0.1, 0.15) is 0 Å². The number of aromatic nitrogens is 2. The van der Waals surface area contributed by atoms with E-state index in [-0.39, 0.29) is 11.8 Å². The fourth-order valence-corrected chi connectivity index (χ4v) is 3.62. The zero-order chi connectivity index (χ0) is 11.6. The average molecular weight is 353 g/mol. The summed E-state index contributed by atoms with van der Waals surface area (Å²) in [4.78, 5) is 8.19. The predicted molar refractivity (Wildman–Crippen MR) is 70.0 cm³/mol. The minimum absolute atomic E-state index is 0.0567. The van der Waals surface area contributed by atoms with E-state index >= 15 is 0 Å². The van der Waals surface area contributed by atoms with Crippen molar-refractivity contribution in [2.45, 2.75) is 18.9 Å². The fourth-order valence-electron chi connectivity index (χ4n) is 1.71. The van der Waals surface area contributed by atoms with Crippen molar-refractivity contribution in [3.63, 3.8) is 0 Å². The molecule has 0 bridgehead atoms. The molecule has 1 fully saturated rings. The van der Waals surface area contributed by atoms with Gasteiger partial charge in [-0.2, -0.15) is 0 Å². The Kier molecular flexibility index (Phi) is 3.63. The van der Waals surface area contributed by atoms with Crippen molar-refractivity contribution in [2.75, 3.05) is 16.8 Å². The smallest absolute Gasteiger partial charge is 0.222 e. The largest absolute Gasteiger partial charge is 0.350 e. The molecule has 0 saturated carbocycles. The van der Waals surface area contributed by atoms with E-state index in [9.17, 15) is 8.42 Å². The Morgan fingerprint density at radius 1 is 1.38 bits per heavy atom. The van der Waals surface area contributed by atoms with Crippen LogP contribution in [-0.4, -0.2) is 35.9 Å². The normalized spacial score (nSPS) is 23.9. The average Bonchev–Trinajstić information content (AvgIpc) is 2.20. The van der Waals surface area contributed by atoms with Crippen LogP contribution in [0.3, 0.4) is 0 Å². The Balaban J connectivity index is 2.02. The van der Waals surface area contributed by atoms with Gasteiger partial charge in [0.25, 0.3) is 0 Å². The summed E-state index contributed by atoms with van der Waals surface area (Å²) < 4.78 is 23.8. The molecule has 1 aliphatic heterocycles. The van der Waals surface area contributed by atoms with Gasteiger partial charge < -0.3 is 5.32 Å². The molecule has 0 aromatic carbocycles. The number of nitrogens with zero attached hydrogens (tertiary/aromatic N) is 2. The third-order valence-electron chi connectivity index (χ3n) is 2.42. The summed E-state index contributed by atoms with van der Waals surface area (Å²) in [6, 6.07) is -0.0567. The van der Waals surface area contributed by atoms with Crippen LogP contribution < -0.4 is 5.32 Å². The van der Waals surface area contributed by atoms with Gasteiger partial charge in [-0.15, -0.1) is 0 Å². The molecule has 0 amide bonds. The lowest BCUT2D eigenvalue weighted by molar-refractivity contribution is 0.561. The van der Waals surface area contributed by atoms with Crippen molar-refractivity contribution < 1.29 is 8.42 Å². The molecule has 1 unspecified atom stereocenters. The molecule has 16 heavy (non-hydrogen) atoms. The van der Waals surface area contributed by atoms with Crippen LogP contribution in [0.2, 0.25) is 0 Å². The Labute approximate surface area is 108 Å². The maximum absolute atomic E-state index is 11.4. The Bertz CT molecular complexity index is 460. The van der Waals surface area contributed by atoms with Crippen LogP contribution in [0.1, 0.15) is 12.8 Å². The highest BCUT2D eigenvalue weighted by Gasteiger charge is 2.24. The standard InChI is InChI=1S/C9H12IN3O2S/c10-7-4-11-9(12-5-7)13-8-2-1-3-16(14,15)6-8/h4-5,8H,1-3,6H2,(H,11,12,13). The first-order valence-electron chi connectivity index (χ1n) is 5.00. The molecule has 1 atom stereocenters. The maximum Gasteiger partial charge on any atom is 0.222 e. The van der Waals surface area contributed by atoms with E-state index in [4.69, 9.17) is 0 Å². The molecular weight excluding hydrogens is 341 g/mol. The number of anilines is 1. The summed E-state index contributed by atoms with van der Waals surface area (Å²) in [6.07, 6.45) is 4.97. The summed E-state index contributed by atoms with van der Waals surface area (Å²) in [5.74, 6) is 0.990. The lowest BCUT2D eigenvalue weighted by Crippen LogP contribution is -2.35. The molecule has 1 N–H and O–H groups in total. The molecule has 7 heteroatoms. The summed E-state index contributed by atoms with van der Waals surface area (Å²) in [7, 11) is -2.88. The van der Waals surface area contributed by atoms with Crippen molar-refractivity contribution in [1.82, 2.24) is 9.97 Å². The molecular formula is C9H12IN3O2S. The number of hydrogen-bond acceptors (Lipinski definition) is 5. The quantitative estimate of drug-likeness (QED) is 0.806. The molecule has 2 rings (SSSR count). The van der Waals surface area contributed by atoms with Gasteiger partial charge in [-0.1, -0.05) is 0 Å². The lowest BCUT2D eigenvalue weighted by atomic mass is 10.2. The van der Waals surface area contributed by atoms with Crippen LogP contribution in [0.5, 0.6) is 0 Å². The van der Waals surface area contributed by atoms with Gasteiger partial charge in [-0.3, -0.25) is 0 Å². The first-order valence-corrected chi connectivity index (χ1v) is 7.90. The van der Waals surface area contributed by atoms with Crippen LogP contribution in [0.15, 0.2) is 12.4 Å². The van der Waals surface area contributed by atoms with Crippen LogP contribution in [0, 0.1) is 3.57 Å². The van der Waals surface area contributed by atoms with Crippen molar-refractivity contribution in [1.29, 1.82) is 0 Å². The minimum atomic E-state index is -2.88. The van der Waals surface area contributed by atoms with Crippen molar-refractivity contribution >= 4 is 38.4 Å². The van der Waals surface area contributed by atoms with E-state index in [1.807, 2.05) is 0 Å². The highest BCUT2D eigenvalue weighted by Crippen LogP contribution is 2.15. The van der Waals surface area contributed by atoms with Gasteiger partial charge in [0.2, 0.25) is 5.95 Å². The van der Waals surface area contributed by atoms with Gasteiger partial charge >= 0.3 is 0 Å². The van der Waals surface area contributed by atoms with Crippen LogP contribution in [0.4, 0.5) is 5.95 Å². The van der Waals surface area contributed by atoms with Gasteiger partial charge in [0.15, 0.2) is 9.84 Å². The van der Waals surface area contributed by atoms with Gasteiger partial charge in [-0.05, 0) is 35.4 Å². The van der Waals surface area contributed by atoms with Gasteiger partial charge in [0.05, 0.1) is 11.5 Å². The molecule has 0 radical (unpaired) electrons. The molecule has 5 nitrogen and oxygen atoms in total. The molecule has 88 valence electrons. The Morgan fingerprint density at radius 2 is 2.06 bits per heavy atom. The van der Waals surface area contributed by atoms with E-state index in [1.165, 1.54) is 0 Å². The molecule has 0 spiro atoms. The van der Waals surface area contributed by atoms with Crippen molar-refractivity contribution in [2.24, 2.45) is 0 Å². The van der Waals surface area contributed by atoms with Gasteiger partial charge in [0, 0.05) is 22.0 Å². The monoisotopic (exact) mass is 353 g/mol. The van der Waals surface area contributed by atoms with E-state index in [0.717, 1.165) is 9.99 Å². The first-order chi connectivity index (χ1) is 7.55. The fraction of sp³-hybridized carbons (Fsp3) is 0.556. The van der Waals surface area contributed by atoms with Crippen LogP contribution in [-0.2, 0) is 9.84 Å². The Morgan fingerprint density at radius 3 is 2.69 bits per heavy atom. The lowest BCUT2D eigenvalue weighted by Gasteiger charge is -2.22. The van der Waals surface area contributed by atoms with Crippen LogP contribution in [0.25, 0.3) is 0 Å². The van der Waals surface area contributed by atoms with Crippen molar-refractivity contribution in [3.05, 3.63) is 16.0 Å². The van der Waals surface area contributed by atoms with E-state index in [2.05, 4.69) is 37.9 Å². The number of rotatable bonds is 2. The Hall–Kier alpha value is -0.440. The van der Waals surface area contributed by atoms with E-state index in [1.54, 1.807) is 12.4 Å². The third kappa shape index (κ3) is 3.27. The van der Waals surface area contributed by atoms with Crippen molar-refractivity contribution in [3.8, 4) is 0 Å². The summed E-state index contributed by atoms with van der Waals surface area (Å²) in [5.41, 5.74) is 0. The number of nitrogens with one attached hydrogen (secondary N) is 1. The maximum atomic E-state index is 11.4. The second-order valence-electron chi connectivity index (χ2n) is 3.82. The molecule has 1 saturated heterocycles. The summed E-state index contributed by atoms with van der Waals surface area (Å²) in [5, 5.41) is 3.06. The van der Waals surface area contributed by atoms with Gasteiger partial charge in [-0.25, -0.2) is 18.4 Å². The number of hydrogen-bond donors (Lipinski definition) is 1. The number of halogens is 1. The highest BCUT2D eigenvalue weighted by molar-refractivity contribution is 14.1. The zero-order valence-corrected chi connectivity index (χ0v) is 11.5.